The molecule has 15 nitrogen and oxygen atoms in total. The number of nitrogens with one attached hydrogen (secondary N) is 2. The molecule has 0 saturated heterocycles. The summed E-state index contributed by atoms with van der Waals surface area (Å²) < 4.78 is 148. The van der Waals surface area contributed by atoms with E-state index in [9.17, 15) is 63.4 Å². The maximum absolute atomic E-state index is 14.8. The van der Waals surface area contributed by atoms with Crippen LogP contribution in [0.3, 0.4) is 0 Å². The molecule has 4 N–H and O–H groups in total. The van der Waals surface area contributed by atoms with Gasteiger partial charge >= 0.3 is 134 Å². The molecule has 2 aromatic heterocycles. The molecule has 4 atom stereocenters. The molecule has 0 bridgehead atoms. The third kappa shape index (κ3) is 22.7. The molecule has 29 heteroatoms. The standard InChI is InChI=1S/C26H22ClF5N2O4.C24H20ClF5N2O3.CH2O3.CH4O.2K.H/c1-15(37-16(2)35)23(36)34-25(13-17-6-4-3-5-7-17,22-9-8-19(27)14-33-22)18-10-20(28)12-21(11-18)38-26(31,32)24(29)30;1-14(33)21(34)32-23(12-15-5-3-2-4-6-15,20-8-7-17(25)13-31-20)16-9-18(26)11-19(10-16)35-24(29,30)22(27)28;2-1-4-3;1-2;;;/h3-12,14-15,24H,13H2,1-2H3,(H,34,36);2-11,13-14,22,33H,12H2,1H3,(H,32,34);1,3H;2H,1H3;;;/q;;;;2*+1;-1/p-1/t15-,25-;14-,23-;;;;;/m00...../s1. The minimum atomic E-state index is -4.92. The van der Waals surface area contributed by atoms with E-state index in [1.807, 2.05) is 0 Å². The van der Waals surface area contributed by atoms with Gasteiger partial charge in [0.25, 0.3) is 12.4 Å². The Balaban J connectivity index is 0.00000142. The van der Waals surface area contributed by atoms with Crippen LogP contribution in [0.5, 0.6) is 11.5 Å². The van der Waals surface area contributed by atoms with E-state index in [1.165, 1.54) is 50.5 Å². The van der Waals surface area contributed by atoms with E-state index in [-0.39, 0.29) is 156 Å². The molecule has 0 aliphatic rings. The number of benzene rings is 4. The van der Waals surface area contributed by atoms with E-state index in [0.29, 0.717) is 23.3 Å². The minimum Gasteiger partial charge on any atom is -1.00 e. The van der Waals surface area contributed by atoms with Gasteiger partial charge in [-0.05, 0) is 84.6 Å². The van der Waals surface area contributed by atoms with Crippen LogP contribution in [0.25, 0.3) is 0 Å². The summed E-state index contributed by atoms with van der Waals surface area (Å²) in [5.74, 6) is -6.50. The van der Waals surface area contributed by atoms with Crippen molar-refractivity contribution in [3.8, 4) is 11.5 Å². The number of pyridine rings is 2. The van der Waals surface area contributed by atoms with Crippen LogP contribution in [0.2, 0.25) is 10.0 Å². The number of halogens is 12. The minimum absolute atomic E-state index is 0. The molecule has 81 heavy (non-hydrogen) atoms. The molecular formula is C52H48Cl2F10K2N4O11. The van der Waals surface area contributed by atoms with Crippen LogP contribution in [0.1, 0.15) is 55.8 Å². The normalized spacial score (nSPS) is 13.0. The van der Waals surface area contributed by atoms with Crippen LogP contribution in [0.15, 0.2) is 134 Å². The Labute approximate surface area is 553 Å². The molecule has 0 aliphatic carbocycles. The van der Waals surface area contributed by atoms with Crippen LogP contribution in [0.4, 0.5) is 43.9 Å². The zero-order chi connectivity index (χ0) is 59.3. The summed E-state index contributed by atoms with van der Waals surface area (Å²) >= 11 is 11.9. The number of amides is 2. The van der Waals surface area contributed by atoms with Crippen LogP contribution < -0.4 is 128 Å². The van der Waals surface area contributed by atoms with Crippen molar-refractivity contribution in [3.63, 3.8) is 0 Å². The van der Waals surface area contributed by atoms with Gasteiger partial charge in [-0.25, -0.2) is 8.78 Å². The van der Waals surface area contributed by atoms with Crippen LogP contribution in [0, 0.1) is 11.6 Å². The van der Waals surface area contributed by atoms with Crippen molar-refractivity contribution in [2.45, 2.75) is 82.0 Å². The number of ether oxygens (including phenoxy) is 3. The summed E-state index contributed by atoms with van der Waals surface area (Å²) in [6.07, 6.45) is -18.7. The first-order chi connectivity index (χ1) is 37.2. The van der Waals surface area contributed by atoms with Crippen LogP contribution in [-0.4, -0.2) is 88.8 Å². The molecule has 0 aliphatic heterocycles. The molecule has 428 valence electrons. The Morgan fingerprint density at radius 3 is 1.31 bits per heavy atom. The number of nitrogens with zero attached hydrogens (tertiary/aromatic N) is 2. The van der Waals surface area contributed by atoms with Crippen molar-refractivity contribution in [2.75, 3.05) is 7.11 Å². The average molecular weight is 1240 g/mol. The van der Waals surface area contributed by atoms with E-state index < -0.39 is 89.3 Å². The fourth-order valence-corrected chi connectivity index (χ4v) is 7.39. The number of aliphatic hydroxyl groups excluding tert-OH is 2. The van der Waals surface area contributed by atoms with Gasteiger partial charge in [-0.3, -0.25) is 29.1 Å². The second-order valence-electron chi connectivity index (χ2n) is 16.2. The number of aliphatic hydroxyl groups is 2. The third-order valence-corrected chi connectivity index (χ3v) is 10.9. The van der Waals surface area contributed by atoms with Gasteiger partial charge in [0.1, 0.15) is 40.3 Å². The molecule has 4 aromatic carbocycles. The van der Waals surface area contributed by atoms with Crippen molar-refractivity contribution < 1.29 is 202 Å². The fraction of sp³-hybridized carbons (Fsp3) is 0.269. The number of rotatable bonds is 20. The fourth-order valence-electron chi connectivity index (χ4n) is 7.17. The summed E-state index contributed by atoms with van der Waals surface area (Å²) in [4.78, 5) is 57.1. The smallest absolute Gasteiger partial charge is 1.00 e. The number of carbonyl (C=O) groups excluding carboxylic acids is 4. The Hall–Kier alpha value is -4.31. The zero-order valence-corrected chi connectivity index (χ0v) is 51.3. The summed E-state index contributed by atoms with van der Waals surface area (Å²) in [5, 5.41) is 31.1. The predicted molar refractivity (Wildman–Crippen MR) is 262 cm³/mol. The van der Waals surface area contributed by atoms with Gasteiger partial charge in [-0.1, -0.05) is 83.9 Å². The third-order valence-electron chi connectivity index (χ3n) is 10.5. The maximum Gasteiger partial charge on any atom is 1.00 e. The largest absolute Gasteiger partial charge is 1.00 e. The SMILES string of the molecule is CC(=O)O[C@@H](C)C(=O)N[C@@](Cc1ccccc1)(c1cc(F)cc(OC(F)(F)C(F)F)c1)c1ccc(Cl)cn1.CO.C[C@H](O)C(=O)N[C@@](Cc1ccccc1)(c1cc(F)cc(OC(F)(F)C(F)F)c1)c1ccc(Cl)cn1.O=CO[O-].[H-].[K+].[K+]. The van der Waals surface area contributed by atoms with E-state index in [0.717, 1.165) is 38.3 Å². The Morgan fingerprint density at radius 1 is 0.654 bits per heavy atom. The van der Waals surface area contributed by atoms with Crippen molar-refractivity contribution in [1.82, 2.24) is 20.6 Å². The summed E-state index contributed by atoms with van der Waals surface area (Å²) in [6, 6.07) is 27.4. The first-order valence-corrected chi connectivity index (χ1v) is 23.2. The van der Waals surface area contributed by atoms with Gasteiger partial charge in [0.15, 0.2) is 6.10 Å². The van der Waals surface area contributed by atoms with Crippen LogP contribution >= 0.6 is 23.2 Å². The van der Waals surface area contributed by atoms with Gasteiger partial charge in [0.2, 0.25) is 5.91 Å². The number of aromatic nitrogens is 2. The zero-order valence-electron chi connectivity index (χ0n) is 44.5. The average Bonchev–Trinajstić information content (AvgIpc) is 3.39. The Kier molecular flexibility index (Phi) is 32.4. The van der Waals surface area contributed by atoms with Gasteiger partial charge in [-0.15, -0.1) is 0 Å². The van der Waals surface area contributed by atoms with Crippen molar-refractivity contribution >= 4 is 47.5 Å². The molecule has 2 amide bonds. The monoisotopic (exact) mass is 1240 g/mol. The Bertz CT molecular complexity index is 2930. The number of esters is 1. The molecule has 6 aromatic rings. The molecular weight excluding hydrogens is 1200 g/mol. The van der Waals surface area contributed by atoms with Gasteiger partial charge in [0, 0.05) is 51.4 Å². The number of alkyl halides is 8. The molecule has 2 heterocycles. The van der Waals surface area contributed by atoms with Gasteiger partial charge in [0.05, 0.1) is 21.4 Å². The quantitative estimate of drug-likeness (QED) is 0.0216. The van der Waals surface area contributed by atoms with Gasteiger partial charge in [-0.2, -0.15) is 35.1 Å². The predicted octanol–water partition coefficient (Wildman–Crippen LogP) is 2.92. The molecule has 0 fully saturated rings. The summed E-state index contributed by atoms with van der Waals surface area (Å²) in [7, 11) is 1.00. The van der Waals surface area contributed by atoms with Gasteiger partial charge < -0.3 is 46.6 Å². The second-order valence-corrected chi connectivity index (χ2v) is 17.1. The van der Waals surface area contributed by atoms with E-state index in [2.05, 4.69) is 35.0 Å². The summed E-state index contributed by atoms with van der Waals surface area (Å²) in [5.41, 5.74) is -2.46. The van der Waals surface area contributed by atoms with E-state index >= 15 is 0 Å². The molecule has 6 rings (SSSR count). The molecule has 0 radical (unpaired) electrons. The molecule has 0 unspecified atom stereocenters. The van der Waals surface area contributed by atoms with Crippen molar-refractivity contribution in [3.05, 3.63) is 189 Å². The maximum atomic E-state index is 14.8. The first kappa shape index (κ1) is 74.7. The van der Waals surface area contributed by atoms with E-state index in [1.54, 1.807) is 60.7 Å². The first-order valence-electron chi connectivity index (χ1n) is 22.5. The number of carbonyl (C=O) groups is 4. The second kappa shape index (κ2) is 35.1. The molecule has 0 spiro atoms. The van der Waals surface area contributed by atoms with Crippen molar-refractivity contribution in [1.29, 1.82) is 0 Å². The topological polar surface area (TPSA) is 219 Å². The van der Waals surface area contributed by atoms with Crippen LogP contribution in [-0.2, 0) is 52.7 Å². The van der Waals surface area contributed by atoms with Crippen molar-refractivity contribution in [2.24, 2.45) is 0 Å². The Morgan fingerprint density at radius 2 is 1.01 bits per heavy atom. The number of hydrogen-bond donors (Lipinski definition) is 4. The number of hydrogen-bond acceptors (Lipinski definition) is 13. The summed E-state index contributed by atoms with van der Waals surface area (Å²) in [6.45, 7) is 3.41. The molecule has 0 saturated carbocycles. The van der Waals surface area contributed by atoms with E-state index in [4.69, 9.17) is 43.1 Å².